The Morgan fingerprint density at radius 1 is 1.07 bits per heavy atom. The molecule has 4 heteroatoms. The van der Waals surface area contributed by atoms with Gasteiger partial charge in [-0.3, -0.25) is 0 Å². The van der Waals surface area contributed by atoms with Crippen LogP contribution in [0.25, 0.3) is 11.0 Å². The van der Waals surface area contributed by atoms with Gasteiger partial charge < -0.3 is 15.2 Å². The summed E-state index contributed by atoms with van der Waals surface area (Å²) >= 11 is 0. The van der Waals surface area contributed by atoms with Gasteiger partial charge in [-0.15, -0.1) is 0 Å². The molecule has 4 rings (SSSR count). The van der Waals surface area contributed by atoms with Crippen LogP contribution in [0.15, 0.2) is 48.7 Å². The zero-order chi connectivity index (χ0) is 18.5. The smallest absolute Gasteiger partial charge is 0.126 e. The summed E-state index contributed by atoms with van der Waals surface area (Å²) < 4.78 is 0. The molecule has 1 fully saturated rings. The van der Waals surface area contributed by atoms with Crippen LogP contribution in [0.4, 0.5) is 5.82 Å². The highest BCUT2D eigenvalue weighted by Crippen LogP contribution is 2.32. The average Bonchev–Trinajstić information content (AvgIpc) is 3.12. The fourth-order valence-electron chi connectivity index (χ4n) is 4.06. The largest absolute Gasteiger partial charge is 0.370 e. The number of piperidine rings is 1. The van der Waals surface area contributed by atoms with E-state index in [0.717, 1.165) is 36.2 Å². The van der Waals surface area contributed by atoms with Crippen molar-refractivity contribution in [3.8, 4) is 0 Å². The lowest BCUT2D eigenvalue weighted by Crippen LogP contribution is -2.29. The zero-order valence-electron chi connectivity index (χ0n) is 16.2. The summed E-state index contributed by atoms with van der Waals surface area (Å²) in [5.41, 5.74) is 5.12. The molecular weight excluding hydrogens is 332 g/mol. The Bertz CT molecular complexity index is 847. The molecule has 0 saturated carbocycles. The van der Waals surface area contributed by atoms with Crippen molar-refractivity contribution in [1.29, 1.82) is 0 Å². The third kappa shape index (κ3) is 4.51. The van der Waals surface area contributed by atoms with Crippen molar-refractivity contribution in [2.24, 2.45) is 0 Å². The van der Waals surface area contributed by atoms with Gasteiger partial charge in [0.1, 0.15) is 5.82 Å². The summed E-state index contributed by atoms with van der Waals surface area (Å²) in [7, 11) is 2.21. The monoisotopic (exact) mass is 362 g/mol. The van der Waals surface area contributed by atoms with Crippen LogP contribution in [0, 0.1) is 0 Å². The third-order valence-electron chi connectivity index (χ3n) is 5.75. The van der Waals surface area contributed by atoms with E-state index in [4.69, 9.17) is 4.98 Å². The van der Waals surface area contributed by atoms with Gasteiger partial charge >= 0.3 is 0 Å². The van der Waals surface area contributed by atoms with Gasteiger partial charge in [-0.25, -0.2) is 4.98 Å². The minimum Gasteiger partial charge on any atom is -0.370 e. The standard InChI is InChI=1S/C23H30N4/c1-27-15-12-19(13-16-27)20-17-25-21-10-11-22(26-23(20)21)24-14-6-5-9-18-7-3-2-4-8-18/h2-4,7-8,10-11,17,19,25H,5-6,9,12-16H2,1H3,(H,24,26). The van der Waals surface area contributed by atoms with E-state index in [-0.39, 0.29) is 0 Å². The molecule has 0 spiro atoms. The average molecular weight is 363 g/mol. The topological polar surface area (TPSA) is 44.0 Å². The number of H-pyrrole nitrogens is 1. The molecule has 2 aromatic heterocycles. The van der Waals surface area contributed by atoms with Gasteiger partial charge in [0.25, 0.3) is 0 Å². The lowest BCUT2D eigenvalue weighted by atomic mass is 9.91. The Balaban J connectivity index is 1.33. The number of aromatic amines is 1. The van der Waals surface area contributed by atoms with Gasteiger partial charge in [0.05, 0.1) is 11.0 Å². The van der Waals surface area contributed by atoms with Gasteiger partial charge in [-0.1, -0.05) is 30.3 Å². The predicted molar refractivity (Wildman–Crippen MR) is 113 cm³/mol. The molecule has 0 atom stereocenters. The number of aryl methyl sites for hydroxylation is 1. The first kappa shape index (κ1) is 18.1. The molecule has 3 aromatic rings. The predicted octanol–water partition coefficient (Wildman–Crippen LogP) is 4.81. The maximum absolute atomic E-state index is 4.93. The highest BCUT2D eigenvalue weighted by molar-refractivity contribution is 5.81. The van der Waals surface area contributed by atoms with Crippen LogP contribution in [0.2, 0.25) is 0 Å². The molecule has 0 radical (unpaired) electrons. The van der Waals surface area contributed by atoms with Crippen molar-refractivity contribution in [3.05, 3.63) is 59.8 Å². The molecule has 1 saturated heterocycles. The quantitative estimate of drug-likeness (QED) is 0.593. The molecule has 4 nitrogen and oxygen atoms in total. The van der Waals surface area contributed by atoms with Crippen LogP contribution in [-0.4, -0.2) is 41.5 Å². The molecule has 1 aromatic carbocycles. The second kappa shape index (κ2) is 8.57. The van der Waals surface area contributed by atoms with Crippen molar-refractivity contribution < 1.29 is 0 Å². The van der Waals surface area contributed by atoms with E-state index in [1.54, 1.807) is 0 Å². The second-order valence-electron chi connectivity index (χ2n) is 7.78. The highest BCUT2D eigenvalue weighted by atomic mass is 15.1. The summed E-state index contributed by atoms with van der Waals surface area (Å²) in [6.45, 7) is 3.33. The molecule has 0 bridgehead atoms. The summed E-state index contributed by atoms with van der Waals surface area (Å²) in [6, 6.07) is 15.0. The van der Waals surface area contributed by atoms with E-state index in [2.05, 4.69) is 70.9 Å². The molecule has 27 heavy (non-hydrogen) atoms. The molecular formula is C23H30N4. The molecule has 0 aliphatic carbocycles. The first-order valence-electron chi connectivity index (χ1n) is 10.2. The van der Waals surface area contributed by atoms with Gasteiger partial charge in [0.15, 0.2) is 0 Å². The van der Waals surface area contributed by atoms with Crippen LogP contribution in [0.5, 0.6) is 0 Å². The van der Waals surface area contributed by atoms with Crippen molar-refractivity contribution in [2.45, 2.75) is 38.0 Å². The Labute approximate surface area is 162 Å². The molecule has 3 heterocycles. The lowest BCUT2D eigenvalue weighted by Gasteiger charge is -2.28. The Hall–Kier alpha value is -2.33. The van der Waals surface area contributed by atoms with E-state index in [1.807, 2.05) is 0 Å². The van der Waals surface area contributed by atoms with Gasteiger partial charge in [-0.05, 0) is 81.4 Å². The van der Waals surface area contributed by atoms with Gasteiger partial charge in [-0.2, -0.15) is 0 Å². The van der Waals surface area contributed by atoms with Crippen LogP contribution >= 0.6 is 0 Å². The number of unbranched alkanes of at least 4 members (excludes halogenated alkanes) is 1. The van der Waals surface area contributed by atoms with Crippen molar-refractivity contribution in [1.82, 2.24) is 14.9 Å². The zero-order valence-corrected chi connectivity index (χ0v) is 16.2. The van der Waals surface area contributed by atoms with Crippen molar-refractivity contribution >= 4 is 16.9 Å². The number of likely N-dealkylation sites (tertiary alicyclic amines) is 1. The van der Waals surface area contributed by atoms with E-state index in [1.165, 1.54) is 43.5 Å². The van der Waals surface area contributed by atoms with E-state index < -0.39 is 0 Å². The first-order valence-corrected chi connectivity index (χ1v) is 10.2. The van der Waals surface area contributed by atoms with Gasteiger partial charge in [0.2, 0.25) is 0 Å². The van der Waals surface area contributed by atoms with Crippen LogP contribution in [0.1, 0.15) is 42.7 Å². The Kier molecular flexibility index (Phi) is 5.73. The fourth-order valence-corrected chi connectivity index (χ4v) is 4.06. The summed E-state index contributed by atoms with van der Waals surface area (Å²) in [5, 5.41) is 3.52. The normalized spacial score (nSPS) is 16.0. The highest BCUT2D eigenvalue weighted by Gasteiger charge is 2.21. The SMILES string of the molecule is CN1CCC(c2c[nH]c3ccc(NCCCCc4ccccc4)nc23)CC1. The second-order valence-corrected chi connectivity index (χ2v) is 7.78. The number of nitrogens with zero attached hydrogens (tertiary/aromatic N) is 2. The minimum absolute atomic E-state index is 0.628. The number of hydrogen-bond donors (Lipinski definition) is 2. The van der Waals surface area contributed by atoms with Crippen LogP contribution in [0.3, 0.4) is 0 Å². The number of nitrogens with one attached hydrogen (secondary N) is 2. The number of aromatic nitrogens is 2. The molecule has 2 N–H and O–H groups in total. The van der Waals surface area contributed by atoms with Crippen LogP contribution < -0.4 is 5.32 Å². The van der Waals surface area contributed by atoms with E-state index in [9.17, 15) is 0 Å². The Morgan fingerprint density at radius 2 is 1.89 bits per heavy atom. The first-order chi connectivity index (χ1) is 13.3. The summed E-state index contributed by atoms with van der Waals surface area (Å²) in [5.74, 6) is 1.62. The van der Waals surface area contributed by atoms with Crippen molar-refractivity contribution in [3.63, 3.8) is 0 Å². The van der Waals surface area contributed by atoms with Gasteiger partial charge in [0, 0.05) is 12.7 Å². The maximum Gasteiger partial charge on any atom is 0.126 e. The molecule has 1 aliphatic heterocycles. The van der Waals surface area contributed by atoms with Crippen LogP contribution in [-0.2, 0) is 6.42 Å². The molecule has 0 amide bonds. The van der Waals surface area contributed by atoms with Crippen molar-refractivity contribution in [2.75, 3.05) is 32.0 Å². The maximum atomic E-state index is 4.93. The number of benzene rings is 1. The number of rotatable bonds is 7. The lowest BCUT2D eigenvalue weighted by molar-refractivity contribution is 0.256. The van der Waals surface area contributed by atoms with E-state index >= 15 is 0 Å². The van der Waals surface area contributed by atoms with E-state index in [0.29, 0.717) is 5.92 Å². The minimum atomic E-state index is 0.628. The number of fused-ring (bicyclic) bond motifs is 1. The summed E-state index contributed by atoms with van der Waals surface area (Å²) in [6.07, 6.45) is 8.13. The number of hydrogen-bond acceptors (Lipinski definition) is 3. The number of pyridine rings is 1. The Morgan fingerprint density at radius 3 is 2.70 bits per heavy atom. The molecule has 1 aliphatic rings. The number of anilines is 1. The summed E-state index contributed by atoms with van der Waals surface area (Å²) in [4.78, 5) is 10.8. The molecule has 0 unspecified atom stereocenters. The third-order valence-corrected chi connectivity index (χ3v) is 5.75. The fraction of sp³-hybridized carbons (Fsp3) is 0.435. The molecule has 142 valence electrons.